The van der Waals surface area contributed by atoms with Crippen LogP contribution in [-0.2, 0) is 37.5 Å². The zero-order valence-corrected chi connectivity index (χ0v) is 7.19. The Labute approximate surface area is 69.1 Å². The molecular formula is C4H7NOY-2. The van der Waals surface area contributed by atoms with Crippen molar-refractivity contribution in [2.24, 2.45) is 0 Å². The van der Waals surface area contributed by atoms with Gasteiger partial charge >= 0.3 is 0 Å². The minimum Gasteiger partial charge on any atom is -0.524 e. The number of carbonyl (C=O) groups excluding carboxylic acids is 1. The second kappa shape index (κ2) is 4.60. The van der Waals surface area contributed by atoms with Crippen LogP contribution < -0.4 is 0 Å². The smallest absolute Gasteiger partial charge is 0.0524 e. The minimum atomic E-state index is -0.269. The standard InChI is InChI=1S/C4H7NO.Y/c1-4(6)5(2)3;/h1-2H2,3H3;/q-2;. The van der Waals surface area contributed by atoms with Crippen molar-refractivity contribution in [1.82, 2.24) is 4.90 Å². The van der Waals surface area contributed by atoms with Crippen molar-refractivity contribution in [1.29, 1.82) is 0 Å². The molecule has 0 spiro atoms. The first-order chi connectivity index (χ1) is 2.64. The molecule has 0 fully saturated rings. The third kappa shape index (κ3) is 6.44. The maximum absolute atomic E-state index is 9.90. The summed E-state index contributed by atoms with van der Waals surface area (Å²) in [6.07, 6.45) is 0. The molecule has 0 aromatic heterocycles. The summed E-state index contributed by atoms with van der Waals surface area (Å²) in [4.78, 5) is 11.1. The predicted octanol–water partition coefficient (Wildman–Crippen LogP) is 0.0680. The van der Waals surface area contributed by atoms with Gasteiger partial charge in [-0.1, -0.05) is 0 Å². The molecule has 0 N–H and O–H groups in total. The van der Waals surface area contributed by atoms with Gasteiger partial charge in [-0.2, -0.15) is 0 Å². The molecule has 0 heterocycles. The van der Waals surface area contributed by atoms with E-state index < -0.39 is 0 Å². The van der Waals surface area contributed by atoms with Crippen LogP contribution in [0, 0.1) is 14.0 Å². The van der Waals surface area contributed by atoms with E-state index in [4.69, 9.17) is 0 Å². The summed E-state index contributed by atoms with van der Waals surface area (Å²) in [6.45, 7) is 3.06. The number of hydrogen-bond acceptors (Lipinski definition) is 1. The maximum atomic E-state index is 9.90. The van der Waals surface area contributed by atoms with Gasteiger partial charge in [-0.05, 0) is 7.05 Å². The summed E-state index contributed by atoms with van der Waals surface area (Å²) in [6, 6.07) is 0. The second-order valence-corrected chi connectivity index (χ2v) is 1.09. The van der Waals surface area contributed by atoms with Gasteiger partial charge in [0.1, 0.15) is 0 Å². The predicted molar refractivity (Wildman–Crippen MR) is 23.5 cm³/mol. The van der Waals surface area contributed by atoms with Crippen LogP contribution in [0.15, 0.2) is 0 Å². The van der Waals surface area contributed by atoms with Crippen molar-refractivity contribution in [3.63, 3.8) is 0 Å². The van der Waals surface area contributed by atoms with E-state index in [1.54, 1.807) is 7.05 Å². The van der Waals surface area contributed by atoms with Gasteiger partial charge in [-0.25, -0.2) is 0 Å². The fourth-order valence-corrected chi connectivity index (χ4v) is 0. The number of rotatable bonds is 0. The Balaban J connectivity index is 0. The van der Waals surface area contributed by atoms with E-state index in [0.29, 0.717) is 0 Å². The number of nitrogens with zero attached hydrogens (tertiary/aromatic N) is 1. The Hall–Kier alpha value is 0.444. The molecule has 0 rings (SSSR count). The Bertz CT molecular complexity index is 62.7. The van der Waals surface area contributed by atoms with Crippen molar-refractivity contribution >= 4 is 5.91 Å². The molecule has 39 valence electrons. The van der Waals surface area contributed by atoms with Crippen LogP contribution in [0.25, 0.3) is 0 Å². The van der Waals surface area contributed by atoms with Crippen LogP contribution in [-0.4, -0.2) is 17.9 Å². The van der Waals surface area contributed by atoms with Gasteiger partial charge in [0.2, 0.25) is 0 Å². The summed E-state index contributed by atoms with van der Waals surface area (Å²) in [5.74, 6) is -0.269. The van der Waals surface area contributed by atoms with Gasteiger partial charge in [0.15, 0.2) is 0 Å². The molecular weight excluding hydrogens is 167 g/mol. The molecule has 0 aliphatic carbocycles. The molecule has 0 saturated carbocycles. The van der Waals surface area contributed by atoms with Crippen LogP contribution in [0.3, 0.4) is 0 Å². The van der Waals surface area contributed by atoms with E-state index in [1.807, 2.05) is 0 Å². The average molecular weight is 174 g/mol. The van der Waals surface area contributed by atoms with Crippen molar-refractivity contribution in [3.8, 4) is 0 Å². The van der Waals surface area contributed by atoms with Crippen LogP contribution in [0.4, 0.5) is 0 Å². The second-order valence-electron chi connectivity index (χ2n) is 1.09. The molecule has 0 saturated heterocycles. The van der Waals surface area contributed by atoms with Crippen molar-refractivity contribution in [2.45, 2.75) is 0 Å². The molecule has 0 aliphatic rings. The summed E-state index contributed by atoms with van der Waals surface area (Å²) in [5.41, 5.74) is 0. The maximum Gasteiger partial charge on any atom is 0.0524 e. The summed E-state index contributed by atoms with van der Waals surface area (Å²) in [5, 5.41) is 0. The van der Waals surface area contributed by atoms with Crippen molar-refractivity contribution in [3.05, 3.63) is 14.0 Å². The molecule has 0 aromatic carbocycles. The molecule has 0 unspecified atom stereocenters. The molecule has 0 aliphatic heterocycles. The topological polar surface area (TPSA) is 20.3 Å². The van der Waals surface area contributed by atoms with Gasteiger partial charge in [-0.15, -0.1) is 0 Å². The summed E-state index contributed by atoms with van der Waals surface area (Å²) >= 11 is 0. The Kier molecular flexibility index (Phi) is 6.85. The van der Waals surface area contributed by atoms with Crippen LogP contribution in [0.1, 0.15) is 0 Å². The van der Waals surface area contributed by atoms with E-state index in [0.717, 1.165) is 0 Å². The number of amides is 1. The van der Waals surface area contributed by atoms with E-state index in [9.17, 15) is 4.79 Å². The molecule has 7 heavy (non-hydrogen) atoms. The Morgan fingerprint density at radius 1 is 1.71 bits per heavy atom. The number of carbonyl (C=O) groups is 1. The average Bonchev–Trinajstić information content (AvgIpc) is 1.36. The third-order valence-corrected chi connectivity index (χ3v) is 0.426. The van der Waals surface area contributed by atoms with Gasteiger partial charge in [0, 0.05) is 32.7 Å². The first-order valence-corrected chi connectivity index (χ1v) is 1.54. The SMILES string of the molecule is [CH2-]C(=O)N([CH2-])C.[Y]. The van der Waals surface area contributed by atoms with Gasteiger partial charge < -0.3 is 16.6 Å². The van der Waals surface area contributed by atoms with Gasteiger partial charge in [-0.3, -0.25) is 7.05 Å². The monoisotopic (exact) mass is 174 g/mol. The first-order valence-electron chi connectivity index (χ1n) is 1.54. The fourth-order valence-electron chi connectivity index (χ4n) is 0. The first kappa shape index (κ1) is 10.4. The molecule has 0 aromatic rings. The largest absolute Gasteiger partial charge is 0.524 e. The van der Waals surface area contributed by atoms with Crippen LogP contribution in [0.2, 0.25) is 0 Å². The zero-order valence-electron chi connectivity index (χ0n) is 4.35. The van der Waals surface area contributed by atoms with E-state index >= 15 is 0 Å². The van der Waals surface area contributed by atoms with Crippen molar-refractivity contribution in [2.75, 3.05) is 7.05 Å². The van der Waals surface area contributed by atoms with Gasteiger partial charge in [0.25, 0.3) is 0 Å². The molecule has 3 heteroatoms. The Morgan fingerprint density at radius 2 is 1.86 bits per heavy atom. The molecule has 1 radical (unpaired) electrons. The van der Waals surface area contributed by atoms with E-state index in [2.05, 4.69) is 14.0 Å². The normalized spacial score (nSPS) is 6.57. The summed E-state index contributed by atoms with van der Waals surface area (Å²) in [7, 11) is 4.81. The Morgan fingerprint density at radius 3 is 1.86 bits per heavy atom. The quantitative estimate of drug-likeness (QED) is 0.476. The zero-order chi connectivity index (χ0) is 5.15. The fraction of sp³-hybridized carbons (Fsp3) is 0.250. The third-order valence-electron chi connectivity index (χ3n) is 0.426. The molecule has 0 atom stereocenters. The van der Waals surface area contributed by atoms with Crippen molar-refractivity contribution < 1.29 is 37.5 Å². The molecule has 2 nitrogen and oxygen atoms in total. The van der Waals surface area contributed by atoms with E-state index in [-0.39, 0.29) is 38.6 Å². The van der Waals surface area contributed by atoms with Gasteiger partial charge in [0.05, 0.1) is 5.91 Å². The van der Waals surface area contributed by atoms with Crippen LogP contribution in [0.5, 0.6) is 0 Å². The minimum absolute atomic E-state index is 0. The summed E-state index contributed by atoms with van der Waals surface area (Å²) < 4.78 is 0. The number of hydrogen-bond donors (Lipinski definition) is 0. The molecule has 1 amide bonds. The molecule has 0 bridgehead atoms. The van der Waals surface area contributed by atoms with Crippen LogP contribution >= 0.6 is 0 Å². The van der Waals surface area contributed by atoms with E-state index in [1.165, 1.54) is 4.90 Å².